The molecule has 0 saturated heterocycles. The van der Waals surface area contributed by atoms with Crippen molar-refractivity contribution in [1.82, 2.24) is 4.90 Å². The van der Waals surface area contributed by atoms with Gasteiger partial charge in [-0.15, -0.1) is 0 Å². The van der Waals surface area contributed by atoms with Gasteiger partial charge in [0.15, 0.2) is 0 Å². The molecular formula is C22H27N3O3. The van der Waals surface area contributed by atoms with Crippen molar-refractivity contribution in [2.45, 2.75) is 44.6 Å². The quantitative estimate of drug-likeness (QED) is 0.559. The van der Waals surface area contributed by atoms with Crippen molar-refractivity contribution in [3.63, 3.8) is 0 Å². The highest BCUT2D eigenvalue weighted by molar-refractivity contribution is 5.95. The van der Waals surface area contributed by atoms with Crippen LogP contribution in [0.2, 0.25) is 0 Å². The van der Waals surface area contributed by atoms with Gasteiger partial charge in [-0.3, -0.25) is 14.9 Å². The van der Waals surface area contributed by atoms with E-state index in [-0.39, 0.29) is 17.6 Å². The number of rotatable bonds is 7. The molecule has 148 valence electrons. The van der Waals surface area contributed by atoms with Gasteiger partial charge in [0.05, 0.1) is 4.92 Å². The third kappa shape index (κ3) is 4.88. The maximum Gasteiger partial charge on any atom is 0.293 e. The molecule has 0 atom stereocenters. The summed E-state index contributed by atoms with van der Waals surface area (Å²) < 4.78 is 0. The van der Waals surface area contributed by atoms with E-state index in [0.29, 0.717) is 17.8 Å². The lowest BCUT2D eigenvalue weighted by atomic mass is 9.94. The van der Waals surface area contributed by atoms with Gasteiger partial charge in [0.25, 0.3) is 11.6 Å². The fourth-order valence-corrected chi connectivity index (χ4v) is 3.79. The van der Waals surface area contributed by atoms with Crippen molar-refractivity contribution >= 4 is 17.3 Å². The fraction of sp³-hybridized carbons (Fsp3) is 0.409. The maximum atomic E-state index is 12.8. The molecule has 28 heavy (non-hydrogen) atoms. The molecule has 0 unspecified atom stereocenters. The van der Waals surface area contributed by atoms with Crippen molar-refractivity contribution in [3.8, 4) is 0 Å². The summed E-state index contributed by atoms with van der Waals surface area (Å²) in [6.45, 7) is 0.583. The Bertz CT molecular complexity index is 817. The molecule has 6 nitrogen and oxygen atoms in total. The monoisotopic (exact) mass is 381 g/mol. The summed E-state index contributed by atoms with van der Waals surface area (Å²) in [5.74, 6) is -0.147. The number of carbonyl (C=O) groups excluding carboxylic acids is 1. The third-order valence-electron chi connectivity index (χ3n) is 5.46. The highest BCUT2D eigenvalue weighted by atomic mass is 16.6. The molecular weight excluding hydrogens is 354 g/mol. The highest BCUT2D eigenvalue weighted by Gasteiger charge is 2.25. The molecule has 0 aromatic heterocycles. The lowest BCUT2D eigenvalue weighted by Crippen LogP contribution is -2.38. The molecule has 1 aliphatic carbocycles. The number of nitrogens with one attached hydrogen (secondary N) is 1. The van der Waals surface area contributed by atoms with Crippen LogP contribution in [-0.2, 0) is 6.42 Å². The van der Waals surface area contributed by atoms with E-state index in [9.17, 15) is 14.9 Å². The predicted octanol–water partition coefficient (Wildman–Crippen LogP) is 4.65. The minimum atomic E-state index is -0.428. The van der Waals surface area contributed by atoms with Crippen molar-refractivity contribution in [3.05, 3.63) is 69.8 Å². The van der Waals surface area contributed by atoms with Gasteiger partial charge in [-0.05, 0) is 37.0 Å². The summed E-state index contributed by atoms with van der Waals surface area (Å²) in [4.78, 5) is 25.7. The number of hydrogen-bond donors (Lipinski definition) is 1. The Morgan fingerprint density at radius 2 is 1.86 bits per heavy atom. The SMILES string of the molecule is CN(C(=O)c1ccc(NCCc2ccccc2)c([N+](=O)[O-])c1)C1CCCCC1. The minimum Gasteiger partial charge on any atom is -0.379 e. The summed E-state index contributed by atoms with van der Waals surface area (Å²) >= 11 is 0. The van der Waals surface area contributed by atoms with E-state index in [1.165, 1.54) is 18.1 Å². The lowest BCUT2D eigenvalue weighted by Gasteiger charge is -2.31. The molecule has 0 radical (unpaired) electrons. The largest absolute Gasteiger partial charge is 0.379 e. The standard InChI is InChI=1S/C22H27N3O3/c1-24(19-10-6-3-7-11-19)22(26)18-12-13-20(21(16-18)25(27)28)23-15-14-17-8-4-2-5-9-17/h2,4-5,8-9,12-13,16,19,23H,3,6-7,10-11,14-15H2,1H3. The van der Waals surface area contributed by atoms with Crippen LogP contribution in [0.4, 0.5) is 11.4 Å². The molecule has 0 bridgehead atoms. The van der Waals surface area contributed by atoms with Crippen molar-refractivity contribution in [1.29, 1.82) is 0 Å². The number of hydrogen-bond acceptors (Lipinski definition) is 4. The van der Waals surface area contributed by atoms with Gasteiger partial charge >= 0.3 is 0 Å². The number of nitro groups is 1. The first-order valence-electron chi connectivity index (χ1n) is 9.89. The minimum absolute atomic E-state index is 0.0593. The number of nitrogens with zero attached hydrogens (tertiary/aromatic N) is 2. The average molecular weight is 381 g/mol. The Kier molecular flexibility index (Phi) is 6.63. The second kappa shape index (κ2) is 9.35. The molecule has 1 saturated carbocycles. The number of benzene rings is 2. The topological polar surface area (TPSA) is 75.5 Å². The lowest BCUT2D eigenvalue weighted by molar-refractivity contribution is -0.384. The van der Waals surface area contributed by atoms with Crippen LogP contribution in [0, 0.1) is 10.1 Å². The van der Waals surface area contributed by atoms with Crippen molar-refractivity contribution < 1.29 is 9.72 Å². The van der Waals surface area contributed by atoms with E-state index in [0.717, 1.165) is 32.1 Å². The molecule has 1 aliphatic rings. The summed E-state index contributed by atoms with van der Waals surface area (Å²) in [7, 11) is 1.80. The van der Waals surface area contributed by atoms with E-state index in [1.807, 2.05) is 30.3 Å². The number of nitro benzene ring substituents is 1. The van der Waals surface area contributed by atoms with Crippen LogP contribution in [0.25, 0.3) is 0 Å². The van der Waals surface area contributed by atoms with Gasteiger partial charge in [-0.2, -0.15) is 0 Å². The Morgan fingerprint density at radius 3 is 2.54 bits per heavy atom. The molecule has 0 heterocycles. The van der Waals surface area contributed by atoms with Gasteiger partial charge < -0.3 is 10.2 Å². The maximum absolute atomic E-state index is 12.8. The predicted molar refractivity (Wildman–Crippen MR) is 111 cm³/mol. The highest BCUT2D eigenvalue weighted by Crippen LogP contribution is 2.28. The van der Waals surface area contributed by atoms with E-state index in [4.69, 9.17) is 0 Å². The van der Waals surface area contributed by atoms with Crippen LogP contribution in [0.3, 0.4) is 0 Å². The second-order valence-electron chi connectivity index (χ2n) is 7.36. The first-order valence-corrected chi connectivity index (χ1v) is 9.89. The van der Waals surface area contributed by atoms with E-state index >= 15 is 0 Å². The summed E-state index contributed by atoms with van der Waals surface area (Å²) in [6.07, 6.45) is 6.25. The van der Waals surface area contributed by atoms with Gasteiger partial charge in [0, 0.05) is 31.3 Å². The van der Waals surface area contributed by atoms with Gasteiger partial charge in [-0.25, -0.2) is 0 Å². The zero-order valence-electron chi connectivity index (χ0n) is 16.3. The van der Waals surface area contributed by atoms with Crippen LogP contribution in [0.1, 0.15) is 48.0 Å². The average Bonchev–Trinajstić information content (AvgIpc) is 2.74. The molecule has 1 fully saturated rings. The Hall–Kier alpha value is -2.89. The first-order chi connectivity index (χ1) is 13.6. The fourth-order valence-electron chi connectivity index (χ4n) is 3.79. The van der Waals surface area contributed by atoms with Gasteiger partial charge in [0.2, 0.25) is 0 Å². The number of anilines is 1. The van der Waals surface area contributed by atoms with Gasteiger partial charge in [-0.1, -0.05) is 49.6 Å². The summed E-state index contributed by atoms with van der Waals surface area (Å²) in [5, 5.41) is 14.7. The summed E-state index contributed by atoms with van der Waals surface area (Å²) in [6, 6.07) is 14.9. The first kappa shape index (κ1) is 19.9. The molecule has 1 N–H and O–H groups in total. The van der Waals surface area contributed by atoms with Crippen LogP contribution in [-0.4, -0.2) is 35.4 Å². The summed E-state index contributed by atoms with van der Waals surface area (Å²) in [5.41, 5.74) is 1.92. The van der Waals surface area contributed by atoms with Crippen molar-refractivity contribution in [2.24, 2.45) is 0 Å². The zero-order chi connectivity index (χ0) is 19.9. The second-order valence-corrected chi connectivity index (χ2v) is 7.36. The van der Waals surface area contributed by atoms with Crippen molar-refractivity contribution in [2.75, 3.05) is 18.9 Å². The Labute approximate surface area is 165 Å². The molecule has 1 amide bonds. The smallest absolute Gasteiger partial charge is 0.293 e. The van der Waals surface area contributed by atoms with Crippen LogP contribution >= 0.6 is 0 Å². The Morgan fingerprint density at radius 1 is 1.14 bits per heavy atom. The van der Waals surface area contributed by atoms with Crippen LogP contribution < -0.4 is 5.32 Å². The number of carbonyl (C=O) groups is 1. The zero-order valence-corrected chi connectivity index (χ0v) is 16.3. The molecule has 0 aliphatic heterocycles. The molecule has 3 rings (SSSR count). The number of amides is 1. The van der Waals surface area contributed by atoms with Crippen LogP contribution in [0.5, 0.6) is 0 Å². The molecule has 6 heteroatoms. The van der Waals surface area contributed by atoms with E-state index in [2.05, 4.69) is 5.32 Å². The van der Waals surface area contributed by atoms with Crippen LogP contribution in [0.15, 0.2) is 48.5 Å². The van der Waals surface area contributed by atoms with Gasteiger partial charge in [0.1, 0.15) is 5.69 Å². The molecule has 0 spiro atoms. The van der Waals surface area contributed by atoms with E-state index < -0.39 is 4.92 Å². The molecule has 2 aromatic rings. The normalized spacial score (nSPS) is 14.5. The van der Waals surface area contributed by atoms with E-state index in [1.54, 1.807) is 24.1 Å². The Balaban J connectivity index is 1.69. The molecule has 2 aromatic carbocycles. The third-order valence-corrected chi connectivity index (χ3v) is 5.46.